The average molecular weight is 420 g/mol. The van der Waals surface area contributed by atoms with Gasteiger partial charge in [0.1, 0.15) is 11.2 Å². The molecular formula is C21H14BrN3O2. The summed E-state index contributed by atoms with van der Waals surface area (Å²) in [4.78, 5) is 25.9. The van der Waals surface area contributed by atoms with Crippen molar-refractivity contribution in [3.05, 3.63) is 64.1 Å². The van der Waals surface area contributed by atoms with Crippen LogP contribution in [0.5, 0.6) is 0 Å². The standard InChI is InChI=1S/C21H14BrN3O2/c22-14-6-7-16-18(8-14)25-19(27)21(16)10-15(26)9-17(20(21,11-23)12-24)13-4-2-1-3-5-13/h1-8,17H,9-10H2,(H,25,27)/t17-,21-/m1/s1. The molecule has 0 saturated heterocycles. The van der Waals surface area contributed by atoms with Crippen LogP contribution in [-0.2, 0) is 15.0 Å². The predicted molar refractivity (Wildman–Crippen MR) is 102 cm³/mol. The molecule has 2 aromatic rings. The molecular weight excluding hydrogens is 406 g/mol. The Kier molecular flexibility index (Phi) is 3.91. The number of fused-ring (bicyclic) bond motifs is 2. The van der Waals surface area contributed by atoms with Gasteiger partial charge in [0.2, 0.25) is 5.91 Å². The number of anilines is 1. The number of nitrogens with zero attached hydrogens (tertiary/aromatic N) is 2. The first-order valence-corrected chi connectivity index (χ1v) is 9.28. The molecule has 0 unspecified atom stereocenters. The summed E-state index contributed by atoms with van der Waals surface area (Å²) in [7, 11) is 0. The van der Waals surface area contributed by atoms with Gasteiger partial charge in [-0.3, -0.25) is 9.59 Å². The zero-order valence-corrected chi connectivity index (χ0v) is 15.8. The smallest absolute Gasteiger partial charge is 0.238 e. The van der Waals surface area contributed by atoms with Crippen LogP contribution in [0.15, 0.2) is 53.0 Å². The third-order valence-electron chi connectivity index (χ3n) is 5.72. The maximum absolute atomic E-state index is 13.2. The number of benzene rings is 2. The van der Waals surface area contributed by atoms with E-state index in [0.29, 0.717) is 16.8 Å². The highest BCUT2D eigenvalue weighted by molar-refractivity contribution is 9.10. The molecule has 1 spiro atoms. The van der Waals surface area contributed by atoms with Gasteiger partial charge in [-0.15, -0.1) is 0 Å². The average Bonchev–Trinajstić information content (AvgIpc) is 2.94. The lowest BCUT2D eigenvalue weighted by Crippen LogP contribution is -2.56. The Bertz CT molecular complexity index is 1040. The lowest BCUT2D eigenvalue weighted by molar-refractivity contribution is -0.134. The third-order valence-corrected chi connectivity index (χ3v) is 6.22. The number of nitrogens with one attached hydrogen (secondary N) is 1. The minimum absolute atomic E-state index is 0.0615. The van der Waals surface area contributed by atoms with Gasteiger partial charge in [-0.1, -0.05) is 52.3 Å². The highest BCUT2D eigenvalue weighted by Gasteiger charge is 2.68. The highest BCUT2D eigenvalue weighted by Crippen LogP contribution is 2.61. The van der Waals surface area contributed by atoms with Crippen LogP contribution in [0.2, 0.25) is 0 Å². The second kappa shape index (κ2) is 6.04. The molecule has 2 aromatic carbocycles. The van der Waals surface area contributed by atoms with Crippen LogP contribution in [-0.4, -0.2) is 11.7 Å². The molecule has 2 atom stereocenters. The molecule has 27 heavy (non-hydrogen) atoms. The van der Waals surface area contributed by atoms with Crippen molar-refractivity contribution in [3.63, 3.8) is 0 Å². The van der Waals surface area contributed by atoms with Crippen LogP contribution in [0.4, 0.5) is 5.69 Å². The van der Waals surface area contributed by atoms with Gasteiger partial charge in [0, 0.05) is 28.9 Å². The SMILES string of the molecule is N#CC1(C#N)[C@@H](c2ccccc2)CC(=O)C[C@@]12C(=O)Nc1cc(Br)ccc12. The van der Waals surface area contributed by atoms with E-state index in [2.05, 4.69) is 33.4 Å². The molecule has 1 heterocycles. The van der Waals surface area contributed by atoms with E-state index in [0.717, 1.165) is 4.47 Å². The van der Waals surface area contributed by atoms with Gasteiger partial charge in [0.15, 0.2) is 5.41 Å². The van der Waals surface area contributed by atoms with Gasteiger partial charge in [0.25, 0.3) is 0 Å². The number of hydrogen-bond acceptors (Lipinski definition) is 4. The van der Waals surface area contributed by atoms with Crippen molar-refractivity contribution >= 4 is 33.3 Å². The fourth-order valence-corrected chi connectivity index (χ4v) is 4.88. The van der Waals surface area contributed by atoms with Gasteiger partial charge in [-0.25, -0.2) is 0 Å². The first kappa shape index (κ1) is 17.5. The number of nitriles is 2. The molecule has 1 fully saturated rings. The monoisotopic (exact) mass is 419 g/mol. The Balaban J connectivity index is 2.03. The van der Waals surface area contributed by atoms with Gasteiger partial charge in [-0.2, -0.15) is 10.5 Å². The molecule has 1 aliphatic carbocycles. The number of hydrogen-bond donors (Lipinski definition) is 1. The summed E-state index contributed by atoms with van der Waals surface area (Å²) in [5.41, 5.74) is -1.43. The molecule has 4 rings (SSSR count). The molecule has 1 N–H and O–H groups in total. The fraction of sp³-hybridized carbons (Fsp3) is 0.238. The second-order valence-corrected chi connectivity index (χ2v) is 7.88. The molecule has 2 aliphatic rings. The Morgan fingerprint density at radius 2 is 1.78 bits per heavy atom. The summed E-state index contributed by atoms with van der Waals surface area (Å²) in [6.07, 6.45) is -0.0933. The zero-order chi connectivity index (χ0) is 19.2. The van der Waals surface area contributed by atoms with Crippen molar-refractivity contribution in [2.75, 3.05) is 5.32 Å². The van der Waals surface area contributed by atoms with Gasteiger partial charge in [0.05, 0.1) is 12.1 Å². The van der Waals surface area contributed by atoms with Crippen LogP contribution < -0.4 is 5.32 Å². The fourth-order valence-electron chi connectivity index (χ4n) is 4.52. The summed E-state index contributed by atoms with van der Waals surface area (Å²) in [5.74, 6) is -1.28. The first-order valence-electron chi connectivity index (χ1n) is 8.49. The van der Waals surface area contributed by atoms with Crippen LogP contribution >= 0.6 is 15.9 Å². The van der Waals surface area contributed by atoms with Crippen molar-refractivity contribution in [3.8, 4) is 12.1 Å². The summed E-state index contributed by atoms with van der Waals surface area (Å²) >= 11 is 3.37. The summed E-state index contributed by atoms with van der Waals surface area (Å²) in [6.45, 7) is 0. The number of rotatable bonds is 1. The topological polar surface area (TPSA) is 93.8 Å². The number of Topliss-reactive ketones (excluding diaryl/α,β-unsaturated/α-hetero) is 1. The highest BCUT2D eigenvalue weighted by atomic mass is 79.9. The van der Waals surface area contributed by atoms with Crippen LogP contribution in [0.25, 0.3) is 0 Å². The number of carbonyl (C=O) groups is 2. The predicted octanol–water partition coefficient (Wildman–Crippen LogP) is 3.82. The maximum Gasteiger partial charge on any atom is 0.238 e. The van der Waals surface area contributed by atoms with E-state index in [1.54, 1.807) is 42.5 Å². The number of ketones is 1. The number of amides is 1. The zero-order valence-electron chi connectivity index (χ0n) is 14.2. The number of carbonyl (C=O) groups excluding carboxylic acids is 2. The van der Waals surface area contributed by atoms with Gasteiger partial charge in [-0.05, 0) is 23.3 Å². The first-order chi connectivity index (χ1) is 13.0. The largest absolute Gasteiger partial charge is 0.325 e. The lowest BCUT2D eigenvalue weighted by Gasteiger charge is -2.46. The van der Waals surface area contributed by atoms with Gasteiger partial charge >= 0.3 is 0 Å². The van der Waals surface area contributed by atoms with E-state index in [1.165, 1.54) is 0 Å². The van der Waals surface area contributed by atoms with E-state index in [1.807, 2.05) is 6.07 Å². The summed E-state index contributed by atoms with van der Waals surface area (Å²) < 4.78 is 0.764. The van der Waals surface area contributed by atoms with Crippen molar-refractivity contribution in [1.82, 2.24) is 0 Å². The van der Waals surface area contributed by atoms with Crippen molar-refractivity contribution in [2.45, 2.75) is 24.2 Å². The quantitative estimate of drug-likeness (QED) is 0.759. The van der Waals surface area contributed by atoms with Crippen molar-refractivity contribution in [2.24, 2.45) is 5.41 Å². The van der Waals surface area contributed by atoms with Crippen molar-refractivity contribution < 1.29 is 9.59 Å². The van der Waals surface area contributed by atoms with Crippen LogP contribution in [0.1, 0.15) is 29.9 Å². The third kappa shape index (κ3) is 2.20. The van der Waals surface area contributed by atoms with E-state index >= 15 is 0 Å². The molecule has 0 aromatic heterocycles. The van der Waals surface area contributed by atoms with E-state index in [-0.39, 0.29) is 18.6 Å². The lowest BCUT2D eigenvalue weighted by atomic mass is 9.49. The van der Waals surface area contributed by atoms with E-state index < -0.39 is 22.7 Å². The molecule has 0 bridgehead atoms. The molecule has 0 radical (unpaired) electrons. The Morgan fingerprint density at radius 1 is 1.07 bits per heavy atom. The van der Waals surface area contributed by atoms with Gasteiger partial charge < -0.3 is 5.32 Å². The van der Waals surface area contributed by atoms with E-state index in [4.69, 9.17) is 0 Å². The normalized spacial score (nSPS) is 25.4. The van der Waals surface area contributed by atoms with Crippen LogP contribution in [0.3, 0.4) is 0 Å². The maximum atomic E-state index is 13.2. The molecule has 1 saturated carbocycles. The Labute approximate surface area is 164 Å². The Morgan fingerprint density at radius 3 is 2.44 bits per heavy atom. The molecule has 1 aliphatic heterocycles. The molecule has 132 valence electrons. The minimum atomic E-state index is -1.69. The Hall–Kier alpha value is -2.96. The molecule has 1 amide bonds. The van der Waals surface area contributed by atoms with Crippen molar-refractivity contribution in [1.29, 1.82) is 10.5 Å². The van der Waals surface area contributed by atoms with Crippen LogP contribution in [0, 0.1) is 28.1 Å². The minimum Gasteiger partial charge on any atom is -0.325 e. The van der Waals surface area contributed by atoms with E-state index in [9.17, 15) is 20.1 Å². The number of halogens is 1. The summed E-state index contributed by atoms with van der Waals surface area (Å²) in [5, 5.41) is 23.2. The summed E-state index contributed by atoms with van der Waals surface area (Å²) in [6, 6.07) is 18.6. The second-order valence-electron chi connectivity index (χ2n) is 6.96. The molecule has 6 heteroatoms. The molecule has 5 nitrogen and oxygen atoms in total.